The molecular formula is C31H24N2O3. The molecule has 0 bridgehead atoms. The lowest BCUT2D eigenvalue weighted by molar-refractivity contribution is -0.117. The van der Waals surface area contributed by atoms with Crippen molar-refractivity contribution in [1.29, 1.82) is 5.26 Å². The van der Waals surface area contributed by atoms with Crippen LogP contribution in [-0.2, 0) is 35.3 Å². The Labute approximate surface area is 210 Å². The fourth-order valence-electron chi connectivity index (χ4n) is 4.01. The van der Waals surface area contributed by atoms with Crippen LogP contribution in [0.1, 0.15) is 33.4 Å². The molecule has 0 fully saturated rings. The van der Waals surface area contributed by atoms with Gasteiger partial charge in [0.1, 0.15) is 11.5 Å². The van der Waals surface area contributed by atoms with Gasteiger partial charge in [-0.2, -0.15) is 4.99 Å². The predicted octanol–water partition coefficient (Wildman–Crippen LogP) is 6.05. The third-order valence-corrected chi connectivity index (χ3v) is 5.86. The van der Waals surface area contributed by atoms with Gasteiger partial charge in [0.25, 0.3) is 6.26 Å². The molecule has 0 amide bonds. The van der Waals surface area contributed by atoms with Crippen LogP contribution in [0.15, 0.2) is 102 Å². The van der Waals surface area contributed by atoms with E-state index < -0.39 is 0 Å². The monoisotopic (exact) mass is 472 g/mol. The van der Waals surface area contributed by atoms with Gasteiger partial charge in [0.2, 0.25) is 6.08 Å². The molecule has 36 heavy (non-hydrogen) atoms. The number of ether oxygens (including phenoxy) is 1. The Bertz CT molecular complexity index is 1390. The highest BCUT2D eigenvalue weighted by Gasteiger charge is 2.07. The molecule has 0 aliphatic rings. The lowest BCUT2D eigenvalue weighted by atomic mass is 9.98. The van der Waals surface area contributed by atoms with Crippen molar-refractivity contribution in [2.24, 2.45) is 4.99 Å². The van der Waals surface area contributed by atoms with Crippen LogP contribution in [-0.4, -0.2) is 11.9 Å². The zero-order chi connectivity index (χ0) is 25.2. The number of rotatable bonds is 10. The molecule has 5 nitrogen and oxygen atoms in total. The zero-order valence-electron chi connectivity index (χ0n) is 19.7. The summed E-state index contributed by atoms with van der Waals surface area (Å²) in [5.74, 6) is 0.706. The van der Waals surface area contributed by atoms with Crippen molar-refractivity contribution < 1.29 is 14.3 Å². The summed E-state index contributed by atoms with van der Waals surface area (Å²) in [7, 11) is 0. The van der Waals surface area contributed by atoms with Gasteiger partial charge in [0.05, 0.1) is 5.69 Å². The highest BCUT2D eigenvalue weighted by molar-refractivity contribution is 5.83. The summed E-state index contributed by atoms with van der Waals surface area (Å²) in [5, 5.41) is 8.57. The van der Waals surface area contributed by atoms with Gasteiger partial charge in [0.15, 0.2) is 0 Å². The van der Waals surface area contributed by atoms with Gasteiger partial charge in [-0.15, -0.1) is 5.26 Å². The SMILES string of the molecule is N#COc1ccc(Cc2ccc(CC(=O)Cc3ccc(Cc4ccc(N=C=O)cc4)cc3)cc2)cc1. The minimum Gasteiger partial charge on any atom is -0.388 e. The first-order valence-corrected chi connectivity index (χ1v) is 11.6. The standard InChI is InChI=1S/C31H24N2O3/c32-21-36-31-15-11-26(12-16-31)18-24-3-7-28(8-4-24)20-30(35)19-27-5-1-23(2-6-27)17-25-9-13-29(14-10-25)33-22-34/h1-16H,17-20H2. The summed E-state index contributed by atoms with van der Waals surface area (Å²) in [5.41, 5.74) is 7.15. The van der Waals surface area contributed by atoms with Crippen molar-refractivity contribution in [3.63, 3.8) is 0 Å². The number of Topliss-reactive ketones (excluding diaryl/α,β-unsaturated/α-hetero) is 1. The fraction of sp³-hybridized carbons (Fsp3) is 0.129. The number of hydrogen-bond acceptors (Lipinski definition) is 5. The van der Waals surface area contributed by atoms with E-state index in [1.54, 1.807) is 36.6 Å². The fourth-order valence-corrected chi connectivity index (χ4v) is 4.01. The first-order chi connectivity index (χ1) is 17.6. The number of nitrogens with zero attached hydrogens (tertiary/aromatic N) is 2. The second kappa shape index (κ2) is 12.1. The predicted molar refractivity (Wildman–Crippen MR) is 138 cm³/mol. The third kappa shape index (κ3) is 7.11. The van der Waals surface area contributed by atoms with Crippen LogP contribution >= 0.6 is 0 Å². The topological polar surface area (TPSA) is 79.5 Å². The van der Waals surface area contributed by atoms with E-state index in [0.29, 0.717) is 24.3 Å². The third-order valence-electron chi connectivity index (χ3n) is 5.86. The van der Waals surface area contributed by atoms with Crippen LogP contribution in [0, 0.1) is 11.5 Å². The van der Waals surface area contributed by atoms with Crippen LogP contribution in [0.5, 0.6) is 5.75 Å². The van der Waals surface area contributed by atoms with Gasteiger partial charge >= 0.3 is 0 Å². The van der Waals surface area contributed by atoms with E-state index in [9.17, 15) is 9.59 Å². The molecule has 0 unspecified atom stereocenters. The average Bonchev–Trinajstić information content (AvgIpc) is 2.89. The Balaban J connectivity index is 1.27. The Morgan fingerprint density at radius 1 is 0.639 bits per heavy atom. The zero-order valence-corrected chi connectivity index (χ0v) is 19.7. The molecule has 4 aromatic carbocycles. The molecule has 176 valence electrons. The van der Waals surface area contributed by atoms with Gasteiger partial charge in [-0.25, -0.2) is 4.79 Å². The first kappa shape index (κ1) is 24.3. The normalized spacial score (nSPS) is 10.2. The quantitative estimate of drug-likeness (QED) is 0.160. The van der Waals surface area contributed by atoms with E-state index in [0.717, 1.165) is 46.2 Å². The molecule has 0 N–H and O–H groups in total. The number of isocyanates is 1. The first-order valence-electron chi connectivity index (χ1n) is 11.6. The minimum absolute atomic E-state index is 0.176. The van der Waals surface area contributed by atoms with Crippen LogP contribution in [0.2, 0.25) is 0 Å². The summed E-state index contributed by atoms with van der Waals surface area (Å²) in [6.45, 7) is 0. The van der Waals surface area contributed by atoms with Crippen molar-refractivity contribution in [2.45, 2.75) is 25.7 Å². The molecule has 0 radical (unpaired) electrons. The van der Waals surface area contributed by atoms with E-state index in [-0.39, 0.29) is 5.78 Å². The van der Waals surface area contributed by atoms with E-state index in [2.05, 4.69) is 17.1 Å². The van der Waals surface area contributed by atoms with Crippen LogP contribution in [0.3, 0.4) is 0 Å². The lowest BCUT2D eigenvalue weighted by Gasteiger charge is -2.07. The molecular weight excluding hydrogens is 448 g/mol. The molecule has 0 aliphatic heterocycles. The Hall–Kier alpha value is -4.78. The lowest BCUT2D eigenvalue weighted by Crippen LogP contribution is -2.06. The minimum atomic E-state index is 0.176. The Kier molecular flexibility index (Phi) is 8.17. The Morgan fingerprint density at radius 2 is 1.03 bits per heavy atom. The van der Waals surface area contributed by atoms with Gasteiger partial charge in [-0.05, 0) is 70.5 Å². The maximum atomic E-state index is 12.6. The van der Waals surface area contributed by atoms with Gasteiger partial charge in [-0.3, -0.25) is 4.79 Å². The van der Waals surface area contributed by atoms with Crippen molar-refractivity contribution >= 4 is 17.6 Å². The van der Waals surface area contributed by atoms with E-state index >= 15 is 0 Å². The van der Waals surface area contributed by atoms with Crippen LogP contribution in [0.25, 0.3) is 0 Å². The van der Waals surface area contributed by atoms with Gasteiger partial charge in [-0.1, -0.05) is 72.8 Å². The molecule has 0 saturated heterocycles. The summed E-state index contributed by atoms with van der Waals surface area (Å²) in [4.78, 5) is 26.6. The summed E-state index contributed by atoms with van der Waals surface area (Å²) in [6, 6.07) is 31.2. The number of aliphatic imine (C=N–C) groups is 1. The maximum Gasteiger partial charge on any atom is 0.292 e. The number of hydrogen-bond donors (Lipinski definition) is 0. The second-order valence-corrected chi connectivity index (χ2v) is 8.59. The summed E-state index contributed by atoms with van der Waals surface area (Å²) in [6.07, 6.45) is 5.55. The molecule has 0 atom stereocenters. The van der Waals surface area contributed by atoms with Crippen molar-refractivity contribution in [3.05, 3.63) is 130 Å². The Morgan fingerprint density at radius 3 is 1.44 bits per heavy atom. The average molecular weight is 473 g/mol. The van der Waals surface area contributed by atoms with Gasteiger partial charge in [0, 0.05) is 12.8 Å². The van der Waals surface area contributed by atoms with Crippen molar-refractivity contribution in [1.82, 2.24) is 0 Å². The summed E-state index contributed by atoms with van der Waals surface area (Å²) >= 11 is 0. The molecule has 0 aliphatic carbocycles. The van der Waals surface area contributed by atoms with E-state index in [1.165, 1.54) is 0 Å². The molecule has 0 heterocycles. The number of benzene rings is 4. The smallest absolute Gasteiger partial charge is 0.292 e. The number of carbonyl (C=O) groups excluding carboxylic acids is 2. The van der Waals surface area contributed by atoms with Crippen molar-refractivity contribution in [3.8, 4) is 12.0 Å². The van der Waals surface area contributed by atoms with Crippen molar-refractivity contribution in [2.75, 3.05) is 0 Å². The number of nitriles is 1. The van der Waals surface area contributed by atoms with Crippen LogP contribution < -0.4 is 4.74 Å². The molecule has 4 rings (SSSR count). The molecule has 5 heteroatoms. The molecule has 0 aromatic heterocycles. The molecule has 0 saturated carbocycles. The summed E-state index contributed by atoms with van der Waals surface area (Å²) < 4.78 is 4.81. The largest absolute Gasteiger partial charge is 0.388 e. The number of carbonyl (C=O) groups is 1. The maximum absolute atomic E-state index is 12.6. The highest BCUT2D eigenvalue weighted by atomic mass is 16.5. The van der Waals surface area contributed by atoms with Crippen LogP contribution in [0.4, 0.5) is 5.69 Å². The van der Waals surface area contributed by atoms with Gasteiger partial charge < -0.3 is 4.74 Å². The van der Waals surface area contributed by atoms with E-state index in [1.807, 2.05) is 60.7 Å². The molecule has 4 aromatic rings. The number of ketones is 1. The second-order valence-electron chi connectivity index (χ2n) is 8.59. The highest BCUT2D eigenvalue weighted by Crippen LogP contribution is 2.18. The van der Waals surface area contributed by atoms with E-state index in [4.69, 9.17) is 10.00 Å². The molecule has 0 spiro atoms.